The number of benzene rings is 1. The minimum absolute atomic E-state index is 0.137. The molecule has 1 unspecified atom stereocenters. The fourth-order valence-corrected chi connectivity index (χ4v) is 1.29. The van der Waals surface area contributed by atoms with E-state index < -0.39 is 24.9 Å². The molecule has 8 heteroatoms. The lowest BCUT2D eigenvalue weighted by Gasteiger charge is -2.09. The van der Waals surface area contributed by atoms with Crippen LogP contribution in [0.2, 0.25) is 0 Å². The van der Waals surface area contributed by atoms with E-state index in [-0.39, 0.29) is 17.4 Å². The van der Waals surface area contributed by atoms with Crippen molar-refractivity contribution < 1.29 is 24.1 Å². The quantitative estimate of drug-likeness (QED) is 0.363. The Kier molecular flexibility index (Phi) is 4.58. The number of halogens is 1. The molecule has 0 aliphatic rings. The molecule has 0 radical (unpaired) electrons. The van der Waals surface area contributed by atoms with Gasteiger partial charge in [-0.1, -0.05) is 12.1 Å². The Morgan fingerprint density at radius 1 is 1.59 bits per heavy atom. The first-order valence-electron chi connectivity index (χ1n) is 4.76. The smallest absolute Gasteiger partial charge is 0.480 e. The van der Waals surface area contributed by atoms with Gasteiger partial charge in [0.25, 0.3) is 0 Å². The second-order valence-electron chi connectivity index (χ2n) is 3.49. The number of carboxylic acid groups (broad SMARTS) is 1. The van der Waals surface area contributed by atoms with E-state index in [1.165, 1.54) is 12.1 Å². The highest BCUT2D eigenvalue weighted by Gasteiger charge is 2.19. The Hall–Kier alpha value is -1.48. The summed E-state index contributed by atoms with van der Waals surface area (Å²) in [5.74, 6) is 2.86. The van der Waals surface area contributed by atoms with Crippen molar-refractivity contribution >= 4 is 18.6 Å². The molecular weight excluding hydrogens is 230 g/mol. The molecule has 1 atom stereocenters. The van der Waals surface area contributed by atoms with E-state index >= 15 is 0 Å². The number of rotatable bonds is 5. The molecule has 0 aliphatic carbocycles. The average molecular weight is 242 g/mol. The van der Waals surface area contributed by atoms with E-state index in [9.17, 15) is 14.2 Å². The van der Waals surface area contributed by atoms with Crippen LogP contribution in [0.1, 0.15) is 5.56 Å². The summed E-state index contributed by atoms with van der Waals surface area (Å²) in [5.41, 5.74) is 5.56. The van der Waals surface area contributed by atoms with Crippen LogP contribution in [0, 0.1) is 5.82 Å². The third-order valence-corrected chi connectivity index (χ3v) is 2.25. The maximum atomic E-state index is 13.5. The highest BCUT2D eigenvalue weighted by atomic mass is 19.1. The monoisotopic (exact) mass is 242 g/mol. The van der Waals surface area contributed by atoms with Crippen molar-refractivity contribution in [1.29, 1.82) is 0 Å². The summed E-state index contributed by atoms with van der Waals surface area (Å²) in [6.45, 7) is 0. The van der Waals surface area contributed by atoms with Crippen LogP contribution >= 0.6 is 0 Å². The third-order valence-electron chi connectivity index (χ3n) is 2.25. The predicted octanol–water partition coefficient (Wildman–Crippen LogP) is -1.64. The van der Waals surface area contributed by atoms with Crippen LogP contribution in [0.3, 0.4) is 0 Å². The maximum absolute atomic E-state index is 13.5. The van der Waals surface area contributed by atoms with Crippen LogP contribution in [-0.4, -0.2) is 29.3 Å². The van der Waals surface area contributed by atoms with Gasteiger partial charge < -0.3 is 20.6 Å². The Labute approximate surface area is 97.1 Å². The van der Waals surface area contributed by atoms with Gasteiger partial charge in [-0.3, -0.25) is 4.79 Å². The summed E-state index contributed by atoms with van der Waals surface area (Å²) in [5, 5.41) is 17.8. The summed E-state index contributed by atoms with van der Waals surface area (Å²) in [6.07, 6.45) is -0.138. The highest BCUT2D eigenvalue weighted by molar-refractivity contribution is 6.59. The van der Waals surface area contributed by atoms with Crippen molar-refractivity contribution in [3.63, 3.8) is 0 Å². The minimum Gasteiger partial charge on any atom is -0.480 e. The molecule has 0 aromatic heterocycles. The second kappa shape index (κ2) is 5.73. The topological polar surface area (TPSA) is 119 Å². The van der Waals surface area contributed by atoms with Crippen LogP contribution in [0.25, 0.3) is 0 Å². The zero-order chi connectivity index (χ0) is 13.0. The largest absolute Gasteiger partial charge is 0.508 e. The molecular formula is C9H12BFN2O4. The summed E-state index contributed by atoms with van der Waals surface area (Å²) < 4.78 is 17.6. The molecule has 6 N–H and O–H groups in total. The van der Waals surface area contributed by atoms with E-state index in [4.69, 9.17) is 16.7 Å². The van der Waals surface area contributed by atoms with Crippen molar-refractivity contribution in [2.75, 3.05) is 0 Å². The first-order valence-corrected chi connectivity index (χ1v) is 4.76. The summed E-state index contributed by atoms with van der Waals surface area (Å²) in [6, 6.07) is 2.55. The lowest BCUT2D eigenvalue weighted by Crippen LogP contribution is -2.37. The first-order chi connectivity index (χ1) is 7.95. The van der Waals surface area contributed by atoms with Crippen LogP contribution in [-0.2, 0) is 16.0 Å². The van der Waals surface area contributed by atoms with E-state index in [1.54, 1.807) is 0 Å². The Morgan fingerprint density at radius 2 is 2.24 bits per heavy atom. The number of hydrogen-bond acceptors (Lipinski definition) is 5. The molecule has 0 heterocycles. The molecule has 0 aliphatic heterocycles. The predicted molar refractivity (Wildman–Crippen MR) is 58.6 cm³/mol. The van der Waals surface area contributed by atoms with E-state index in [0.717, 1.165) is 6.07 Å². The van der Waals surface area contributed by atoms with E-state index in [0.29, 0.717) is 0 Å². The number of carboxylic acids is 1. The lowest BCUT2D eigenvalue weighted by atomic mass is 9.79. The Morgan fingerprint density at radius 3 is 2.71 bits per heavy atom. The molecule has 0 saturated carbocycles. The normalized spacial score (nSPS) is 12.2. The molecule has 1 aromatic carbocycles. The fraction of sp³-hybridized carbons (Fsp3) is 0.222. The zero-order valence-corrected chi connectivity index (χ0v) is 8.84. The first kappa shape index (κ1) is 13.6. The average Bonchev–Trinajstić information content (AvgIpc) is 2.30. The third kappa shape index (κ3) is 3.50. The molecule has 92 valence electrons. The van der Waals surface area contributed by atoms with Gasteiger partial charge >= 0.3 is 13.1 Å². The van der Waals surface area contributed by atoms with Crippen LogP contribution in [0.5, 0.6) is 0 Å². The summed E-state index contributed by atoms with van der Waals surface area (Å²) in [7, 11) is -1.42. The summed E-state index contributed by atoms with van der Waals surface area (Å²) >= 11 is 0. The fourth-order valence-electron chi connectivity index (χ4n) is 1.29. The molecule has 1 aromatic rings. The zero-order valence-electron chi connectivity index (χ0n) is 8.84. The van der Waals surface area contributed by atoms with Crippen molar-refractivity contribution in [3.8, 4) is 0 Å². The van der Waals surface area contributed by atoms with Gasteiger partial charge in [0.05, 0.1) is 0 Å². The van der Waals surface area contributed by atoms with Crippen molar-refractivity contribution in [2.45, 2.75) is 12.5 Å². The highest BCUT2D eigenvalue weighted by Crippen LogP contribution is 2.08. The van der Waals surface area contributed by atoms with Crippen molar-refractivity contribution in [1.82, 2.24) is 0 Å². The molecule has 1 rings (SSSR count). The van der Waals surface area contributed by atoms with Gasteiger partial charge in [0.1, 0.15) is 11.9 Å². The number of nitrogens with two attached hydrogens (primary N) is 2. The number of aliphatic carboxylic acids is 1. The van der Waals surface area contributed by atoms with Gasteiger partial charge in [0.2, 0.25) is 0 Å². The Balaban J connectivity index is 2.86. The minimum atomic E-state index is -1.42. The molecule has 0 saturated heterocycles. The number of hydrogen-bond donors (Lipinski definition) is 4. The summed E-state index contributed by atoms with van der Waals surface area (Å²) in [4.78, 5) is 10.5. The van der Waals surface area contributed by atoms with Crippen molar-refractivity contribution in [3.05, 3.63) is 29.6 Å². The van der Waals surface area contributed by atoms with Gasteiger partial charge in [0, 0.05) is 6.42 Å². The SMILES string of the molecule is NOB(O)c1ccc(CC(N)C(=O)O)c(F)c1. The van der Waals surface area contributed by atoms with E-state index in [1.807, 2.05) is 0 Å². The van der Waals surface area contributed by atoms with Gasteiger partial charge in [-0.15, -0.1) is 0 Å². The lowest BCUT2D eigenvalue weighted by molar-refractivity contribution is -0.138. The van der Waals surface area contributed by atoms with Crippen molar-refractivity contribution in [2.24, 2.45) is 11.6 Å². The van der Waals surface area contributed by atoms with E-state index in [2.05, 4.69) is 4.76 Å². The number of carbonyl (C=O) groups is 1. The molecule has 6 nitrogen and oxygen atoms in total. The van der Waals surface area contributed by atoms with Gasteiger partial charge in [-0.05, 0) is 17.1 Å². The van der Waals surface area contributed by atoms with Crippen LogP contribution < -0.4 is 17.1 Å². The molecule has 0 amide bonds. The van der Waals surface area contributed by atoms with Gasteiger partial charge in [-0.2, -0.15) is 0 Å². The maximum Gasteiger partial charge on any atom is 0.508 e. The van der Waals surface area contributed by atoms with Crippen LogP contribution in [0.15, 0.2) is 18.2 Å². The van der Waals surface area contributed by atoms with Gasteiger partial charge in [0.15, 0.2) is 0 Å². The van der Waals surface area contributed by atoms with Crippen LogP contribution in [0.4, 0.5) is 4.39 Å². The molecule has 0 spiro atoms. The molecule has 0 fully saturated rings. The Bertz CT molecular complexity index is 418. The molecule has 17 heavy (non-hydrogen) atoms. The second-order valence-corrected chi connectivity index (χ2v) is 3.49. The van der Waals surface area contributed by atoms with Gasteiger partial charge in [-0.25, -0.2) is 10.3 Å². The standard InChI is InChI=1S/C9H12BFN2O4/c11-7-4-6(10(16)17-13)2-1-5(7)3-8(12)9(14)15/h1-2,4,8,16H,3,12-13H2,(H,14,15). The molecule has 0 bridgehead atoms.